The number of furan rings is 1. The van der Waals surface area contributed by atoms with Crippen molar-refractivity contribution in [2.75, 3.05) is 11.5 Å². The van der Waals surface area contributed by atoms with Gasteiger partial charge in [0.1, 0.15) is 11.4 Å². The lowest BCUT2D eigenvalue weighted by atomic mass is 10.1. The van der Waals surface area contributed by atoms with Gasteiger partial charge in [-0.05, 0) is 18.2 Å². The molecule has 2 aromatic rings. The van der Waals surface area contributed by atoms with Crippen LogP contribution in [0.3, 0.4) is 0 Å². The lowest BCUT2D eigenvalue weighted by Crippen LogP contribution is -2.42. The number of amides is 1. The normalized spacial score (nSPS) is 24.3. The zero-order valence-electron chi connectivity index (χ0n) is 10.7. The molecule has 0 saturated carbocycles. The first-order valence-corrected chi connectivity index (χ1v) is 8.04. The van der Waals surface area contributed by atoms with E-state index in [-0.39, 0.29) is 16.9 Å². The van der Waals surface area contributed by atoms with E-state index in [9.17, 15) is 22.7 Å². The Balaban J connectivity index is 1.90. The molecule has 1 amide bonds. The molecule has 1 fully saturated rings. The maximum absolute atomic E-state index is 13.5. The SMILES string of the molecule is O=C(N[C@@H]1CS(=O)(=O)C[C@H]1O)c1cc(F)cc2ccoc12. The second-order valence-corrected chi connectivity index (χ2v) is 7.17. The maximum atomic E-state index is 13.5. The van der Waals surface area contributed by atoms with Crippen molar-refractivity contribution in [3.8, 4) is 0 Å². The molecule has 0 bridgehead atoms. The van der Waals surface area contributed by atoms with Gasteiger partial charge in [-0.25, -0.2) is 12.8 Å². The molecule has 8 heteroatoms. The maximum Gasteiger partial charge on any atom is 0.255 e. The molecule has 2 N–H and O–H groups in total. The van der Waals surface area contributed by atoms with Crippen molar-refractivity contribution >= 4 is 26.7 Å². The average molecular weight is 313 g/mol. The van der Waals surface area contributed by atoms with Gasteiger partial charge < -0.3 is 14.8 Å². The summed E-state index contributed by atoms with van der Waals surface area (Å²) in [6.07, 6.45) is 0.162. The van der Waals surface area contributed by atoms with E-state index in [1.54, 1.807) is 0 Å². The molecule has 1 aliphatic rings. The van der Waals surface area contributed by atoms with Crippen LogP contribution in [-0.2, 0) is 9.84 Å². The van der Waals surface area contributed by atoms with Gasteiger partial charge >= 0.3 is 0 Å². The van der Waals surface area contributed by atoms with Crippen LogP contribution in [0.25, 0.3) is 11.0 Å². The molecule has 112 valence electrons. The Hall–Kier alpha value is -1.93. The minimum Gasteiger partial charge on any atom is -0.464 e. The molecule has 0 spiro atoms. The van der Waals surface area contributed by atoms with Crippen LogP contribution in [-0.4, -0.2) is 43.1 Å². The minimum atomic E-state index is -3.37. The van der Waals surface area contributed by atoms with Crippen molar-refractivity contribution < 1.29 is 27.1 Å². The van der Waals surface area contributed by atoms with Crippen molar-refractivity contribution in [1.29, 1.82) is 0 Å². The number of hydrogen-bond donors (Lipinski definition) is 2. The van der Waals surface area contributed by atoms with Crippen LogP contribution < -0.4 is 5.32 Å². The Morgan fingerprint density at radius 1 is 1.38 bits per heavy atom. The van der Waals surface area contributed by atoms with E-state index in [0.717, 1.165) is 6.07 Å². The fourth-order valence-corrected chi connectivity index (χ4v) is 4.17. The number of fused-ring (bicyclic) bond motifs is 1. The van der Waals surface area contributed by atoms with E-state index in [2.05, 4.69) is 5.32 Å². The second-order valence-electron chi connectivity index (χ2n) is 5.02. The highest BCUT2D eigenvalue weighted by atomic mass is 32.2. The first-order chi connectivity index (χ1) is 9.85. The first-order valence-electron chi connectivity index (χ1n) is 6.22. The molecule has 1 aromatic heterocycles. The number of carbonyl (C=O) groups is 1. The van der Waals surface area contributed by atoms with E-state index in [1.165, 1.54) is 18.4 Å². The highest BCUT2D eigenvalue weighted by Gasteiger charge is 2.37. The number of aliphatic hydroxyl groups is 1. The van der Waals surface area contributed by atoms with Gasteiger partial charge in [0.05, 0.1) is 35.5 Å². The van der Waals surface area contributed by atoms with Crippen LogP contribution in [0.4, 0.5) is 4.39 Å². The Morgan fingerprint density at radius 3 is 2.81 bits per heavy atom. The van der Waals surface area contributed by atoms with Gasteiger partial charge in [0.2, 0.25) is 0 Å². The molecule has 1 saturated heterocycles. The third-order valence-electron chi connectivity index (χ3n) is 3.40. The molecule has 6 nitrogen and oxygen atoms in total. The van der Waals surface area contributed by atoms with Crippen molar-refractivity contribution in [3.63, 3.8) is 0 Å². The molecule has 2 atom stereocenters. The number of benzene rings is 1. The van der Waals surface area contributed by atoms with Gasteiger partial charge in [0, 0.05) is 5.39 Å². The van der Waals surface area contributed by atoms with E-state index >= 15 is 0 Å². The number of nitrogens with one attached hydrogen (secondary N) is 1. The fraction of sp³-hybridized carbons (Fsp3) is 0.308. The van der Waals surface area contributed by atoms with Crippen LogP contribution >= 0.6 is 0 Å². The van der Waals surface area contributed by atoms with Gasteiger partial charge in [-0.2, -0.15) is 0 Å². The predicted octanol–water partition coefficient (Wildman–Crippen LogP) is 0.460. The van der Waals surface area contributed by atoms with E-state index in [1.807, 2.05) is 0 Å². The van der Waals surface area contributed by atoms with Crippen LogP contribution in [0.5, 0.6) is 0 Å². The van der Waals surface area contributed by atoms with Crippen molar-refractivity contribution in [2.24, 2.45) is 0 Å². The number of sulfone groups is 1. The Kier molecular flexibility index (Phi) is 3.22. The summed E-state index contributed by atoms with van der Waals surface area (Å²) in [5.74, 6) is -2.02. The van der Waals surface area contributed by atoms with Gasteiger partial charge in [-0.3, -0.25) is 4.79 Å². The summed E-state index contributed by atoms with van der Waals surface area (Å²) >= 11 is 0. The van der Waals surface area contributed by atoms with Crippen molar-refractivity contribution in [3.05, 3.63) is 35.8 Å². The summed E-state index contributed by atoms with van der Waals surface area (Å²) in [6.45, 7) is 0. The monoisotopic (exact) mass is 313 g/mol. The molecule has 1 aromatic carbocycles. The van der Waals surface area contributed by atoms with E-state index in [4.69, 9.17) is 4.42 Å². The van der Waals surface area contributed by atoms with Gasteiger partial charge in [-0.1, -0.05) is 0 Å². The minimum absolute atomic E-state index is 0.0357. The number of rotatable bonds is 2. The highest BCUT2D eigenvalue weighted by Crippen LogP contribution is 2.22. The van der Waals surface area contributed by atoms with Crippen molar-refractivity contribution in [2.45, 2.75) is 12.1 Å². The smallest absolute Gasteiger partial charge is 0.255 e. The number of hydrogen-bond acceptors (Lipinski definition) is 5. The van der Waals surface area contributed by atoms with E-state index < -0.39 is 39.5 Å². The molecule has 21 heavy (non-hydrogen) atoms. The number of carbonyl (C=O) groups excluding carboxylic acids is 1. The topological polar surface area (TPSA) is 96.6 Å². The third-order valence-corrected chi connectivity index (χ3v) is 5.12. The predicted molar refractivity (Wildman–Crippen MR) is 72.1 cm³/mol. The molecule has 1 aliphatic heterocycles. The lowest BCUT2D eigenvalue weighted by Gasteiger charge is -2.15. The third kappa shape index (κ3) is 2.64. The molecule has 0 aliphatic carbocycles. The first kappa shape index (κ1) is 14.0. The van der Waals surface area contributed by atoms with E-state index in [0.29, 0.717) is 5.39 Å². The Morgan fingerprint density at radius 2 is 2.14 bits per heavy atom. The van der Waals surface area contributed by atoms with Crippen molar-refractivity contribution in [1.82, 2.24) is 5.32 Å². The van der Waals surface area contributed by atoms with Crippen LogP contribution in [0, 0.1) is 5.82 Å². The van der Waals surface area contributed by atoms with Crippen LogP contribution in [0.2, 0.25) is 0 Å². The molecule has 0 unspecified atom stereocenters. The van der Waals surface area contributed by atoms with Crippen LogP contribution in [0.15, 0.2) is 28.9 Å². The van der Waals surface area contributed by atoms with Crippen LogP contribution in [0.1, 0.15) is 10.4 Å². The molecular formula is C13H12FNO5S. The summed E-state index contributed by atoms with van der Waals surface area (Å²) in [7, 11) is -3.37. The Labute approximate surface area is 119 Å². The molecular weight excluding hydrogens is 301 g/mol. The largest absolute Gasteiger partial charge is 0.464 e. The summed E-state index contributed by atoms with van der Waals surface area (Å²) in [5.41, 5.74) is 0.177. The van der Waals surface area contributed by atoms with Gasteiger partial charge in [-0.15, -0.1) is 0 Å². The fourth-order valence-electron chi connectivity index (χ4n) is 2.43. The molecule has 3 rings (SSSR count). The standard InChI is InChI=1S/C13H12FNO5S/c14-8-3-7-1-2-20-12(7)9(4-8)13(17)15-10-5-21(18,19)6-11(10)16/h1-4,10-11,16H,5-6H2,(H,15,17)/t10-,11-/m1/s1. The lowest BCUT2D eigenvalue weighted by molar-refractivity contribution is 0.0889. The second kappa shape index (κ2) is 4.81. The quantitative estimate of drug-likeness (QED) is 0.839. The van der Waals surface area contributed by atoms with Gasteiger partial charge in [0.15, 0.2) is 9.84 Å². The number of aliphatic hydroxyl groups excluding tert-OH is 1. The average Bonchev–Trinajstić information content (AvgIpc) is 2.92. The Bertz CT molecular complexity index is 813. The summed E-state index contributed by atoms with van der Waals surface area (Å²) < 4.78 is 41.4. The highest BCUT2D eigenvalue weighted by molar-refractivity contribution is 7.91. The summed E-state index contributed by atoms with van der Waals surface area (Å²) in [4.78, 5) is 12.2. The molecule has 2 heterocycles. The molecule has 0 radical (unpaired) electrons. The summed E-state index contributed by atoms with van der Waals surface area (Å²) in [5, 5.41) is 12.5. The number of halogens is 1. The summed E-state index contributed by atoms with van der Waals surface area (Å²) in [6, 6.07) is 2.85. The zero-order valence-corrected chi connectivity index (χ0v) is 11.6. The zero-order chi connectivity index (χ0) is 15.2. The van der Waals surface area contributed by atoms with Gasteiger partial charge in [0.25, 0.3) is 5.91 Å².